The summed E-state index contributed by atoms with van der Waals surface area (Å²) < 4.78 is 12.6. The van der Waals surface area contributed by atoms with E-state index in [0.717, 1.165) is 37.0 Å². The van der Waals surface area contributed by atoms with Crippen LogP contribution in [0.5, 0.6) is 11.5 Å². The summed E-state index contributed by atoms with van der Waals surface area (Å²) in [6.07, 6.45) is 7.08. The standard InChI is InChI=1S/C30H41IN2O7/c1-17(36)33(16-30-12-18-5-19(13-30)7-20(6-18)14-30)24-10-22(29(38)32-3-4-34)11-25(27(24)37)40-28-23(31)8-21(15-35)9-26(28)39-2/h8-9,11,18-20,24-25,27,34-35,37H,3-7,10,12-16H2,1-2H3,(H,32,38). The number of hydrogen-bond donors (Lipinski definition) is 4. The number of carbonyl (C=O) groups excluding carboxylic acids is 2. The number of methoxy groups -OCH3 is 1. The summed E-state index contributed by atoms with van der Waals surface area (Å²) in [4.78, 5) is 28.1. The Morgan fingerprint density at radius 1 is 1.12 bits per heavy atom. The fraction of sp³-hybridized carbons (Fsp3) is 0.667. The molecule has 0 radical (unpaired) electrons. The van der Waals surface area contributed by atoms with Gasteiger partial charge in [0.15, 0.2) is 11.5 Å². The van der Waals surface area contributed by atoms with E-state index in [1.54, 1.807) is 30.0 Å². The highest BCUT2D eigenvalue weighted by Crippen LogP contribution is 2.60. The number of aliphatic hydroxyl groups is 3. The third-order valence-corrected chi connectivity index (χ3v) is 10.2. The molecule has 220 valence electrons. The quantitative estimate of drug-likeness (QED) is 0.283. The van der Waals surface area contributed by atoms with Gasteiger partial charge in [0.05, 0.1) is 29.9 Å². The molecule has 0 spiro atoms. The van der Waals surface area contributed by atoms with Gasteiger partial charge in [-0.25, -0.2) is 0 Å². The molecule has 3 atom stereocenters. The van der Waals surface area contributed by atoms with Gasteiger partial charge in [0.25, 0.3) is 0 Å². The molecule has 0 heterocycles. The van der Waals surface area contributed by atoms with Crippen molar-refractivity contribution in [2.24, 2.45) is 23.2 Å². The van der Waals surface area contributed by atoms with Gasteiger partial charge in [-0.3, -0.25) is 9.59 Å². The SMILES string of the molecule is COc1cc(CO)cc(I)c1OC1C=C(C(=O)NCCO)CC(N(CC23CC4CC(CC(C4)C2)C3)C(C)=O)C1O. The number of hydrogen-bond acceptors (Lipinski definition) is 7. The molecule has 9 nitrogen and oxygen atoms in total. The predicted molar refractivity (Wildman–Crippen MR) is 157 cm³/mol. The molecule has 0 aromatic heterocycles. The van der Waals surface area contributed by atoms with Crippen molar-refractivity contribution in [2.75, 3.05) is 26.8 Å². The van der Waals surface area contributed by atoms with Gasteiger partial charge in [0, 0.05) is 32.0 Å². The fourth-order valence-corrected chi connectivity index (χ4v) is 8.99. The van der Waals surface area contributed by atoms with Crippen LogP contribution in [0.15, 0.2) is 23.8 Å². The fourth-order valence-electron chi connectivity index (χ4n) is 8.20. The molecule has 4 N–H and O–H groups in total. The van der Waals surface area contributed by atoms with Crippen molar-refractivity contribution < 1.29 is 34.4 Å². The summed E-state index contributed by atoms with van der Waals surface area (Å²) in [7, 11) is 1.51. The van der Waals surface area contributed by atoms with E-state index >= 15 is 0 Å². The lowest BCUT2D eigenvalue weighted by atomic mass is 9.49. The van der Waals surface area contributed by atoms with E-state index in [2.05, 4.69) is 27.9 Å². The molecule has 5 aliphatic carbocycles. The molecule has 0 aliphatic heterocycles. The molecule has 4 bridgehead atoms. The maximum Gasteiger partial charge on any atom is 0.247 e. The van der Waals surface area contributed by atoms with Crippen LogP contribution in [-0.4, -0.2) is 77.1 Å². The number of carbonyl (C=O) groups is 2. The maximum atomic E-state index is 13.2. The molecule has 2 amide bonds. The van der Waals surface area contributed by atoms with Crippen molar-refractivity contribution in [3.8, 4) is 11.5 Å². The molecule has 10 heteroatoms. The van der Waals surface area contributed by atoms with E-state index in [4.69, 9.17) is 9.47 Å². The van der Waals surface area contributed by atoms with E-state index in [1.807, 2.05) is 0 Å². The van der Waals surface area contributed by atoms with Gasteiger partial charge < -0.3 is 35.0 Å². The Hall–Kier alpha value is -1.89. The van der Waals surface area contributed by atoms with E-state index in [9.17, 15) is 24.9 Å². The zero-order valence-corrected chi connectivity index (χ0v) is 25.4. The van der Waals surface area contributed by atoms with Crippen molar-refractivity contribution in [1.29, 1.82) is 0 Å². The lowest BCUT2D eigenvalue weighted by Crippen LogP contribution is -2.59. The lowest BCUT2D eigenvalue weighted by molar-refractivity contribution is -0.144. The molecule has 4 fully saturated rings. The minimum atomic E-state index is -1.08. The first-order chi connectivity index (χ1) is 19.1. The highest BCUT2D eigenvalue weighted by molar-refractivity contribution is 14.1. The van der Waals surface area contributed by atoms with Gasteiger partial charge in [-0.15, -0.1) is 0 Å². The van der Waals surface area contributed by atoms with Crippen LogP contribution in [0.2, 0.25) is 0 Å². The first kappa shape index (κ1) is 29.6. The summed E-state index contributed by atoms with van der Waals surface area (Å²) in [5.74, 6) is 2.51. The zero-order chi connectivity index (χ0) is 28.6. The second kappa shape index (κ2) is 12.1. The van der Waals surface area contributed by atoms with Gasteiger partial charge in [-0.05, 0) is 108 Å². The Morgan fingerprint density at radius 3 is 2.33 bits per heavy atom. The van der Waals surface area contributed by atoms with Crippen LogP contribution in [0, 0.1) is 26.7 Å². The number of nitrogens with one attached hydrogen (secondary N) is 1. The van der Waals surface area contributed by atoms with Crippen LogP contribution < -0.4 is 14.8 Å². The van der Waals surface area contributed by atoms with Crippen molar-refractivity contribution in [3.05, 3.63) is 32.9 Å². The summed E-state index contributed by atoms with van der Waals surface area (Å²) in [6, 6.07) is 2.81. The largest absolute Gasteiger partial charge is 0.493 e. The van der Waals surface area contributed by atoms with Gasteiger partial charge in [-0.2, -0.15) is 0 Å². The molecular formula is C30H41IN2O7. The van der Waals surface area contributed by atoms with Crippen molar-refractivity contribution in [2.45, 2.75) is 76.7 Å². The van der Waals surface area contributed by atoms with Crippen LogP contribution in [0.1, 0.15) is 57.4 Å². The van der Waals surface area contributed by atoms with E-state index in [0.29, 0.717) is 32.8 Å². The predicted octanol–water partition coefficient (Wildman–Crippen LogP) is 2.77. The smallest absolute Gasteiger partial charge is 0.247 e. The highest BCUT2D eigenvalue weighted by Gasteiger charge is 2.53. The van der Waals surface area contributed by atoms with Crippen LogP contribution in [-0.2, 0) is 16.2 Å². The summed E-state index contributed by atoms with van der Waals surface area (Å²) in [5, 5.41) is 33.3. The Morgan fingerprint density at radius 2 is 1.77 bits per heavy atom. The molecule has 40 heavy (non-hydrogen) atoms. The molecule has 5 aliphatic rings. The van der Waals surface area contributed by atoms with Crippen molar-refractivity contribution >= 4 is 34.4 Å². The number of ether oxygens (including phenoxy) is 2. The molecule has 4 saturated carbocycles. The molecule has 6 rings (SSSR count). The zero-order valence-electron chi connectivity index (χ0n) is 23.3. The normalized spacial score (nSPS) is 32.4. The van der Waals surface area contributed by atoms with Crippen LogP contribution in [0.4, 0.5) is 0 Å². The summed E-state index contributed by atoms with van der Waals surface area (Å²) in [6.45, 7) is 1.88. The highest BCUT2D eigenvalue weighted by atomic mass is 127. The maximum absolute atomic E-state index is 13.2. The van der Waals surface area contributed by atoms with Gasteiger partial charge in [0.1, 0.15) is 12.2 Å². The first-order valence-corrected chi connectivity index (χ1v) is 15.4. The van der Waals surface area contributed by atoms with Gasteiger partial charge >= 0.3 is 0 Å². The second-order valence-electron chi connectivity index (χ2n) is 12.3. The minimum Gasteiger partial charge on any atom is -0.493 e. The van der Waals surface area contributed by atoms with E-state index < -0.39 is 18.2 Å². The van der Waals surface area contributed by atoms with Gasteiger partial charge in [0.2, 0.25) is 11.8 Å². The number of halogens is 1. The Bertz CT molecular complexity index is 1120. The average Bonchev–Trinajstić information content (AvgIpc) is 2.91. The molecule has 3 unspecified atom stereocenters. The summed E-state index contributed by atoms with van der Waals surface area (Å²) >= 11 is 2.10. The lowest BCUT2D eigenvalue weighted by Gasteiger charge is -2.58. The molecule has 1 aromatic carbocycles. The monoisotopic (exact) mass is 668 g/mol. The molecule has 1 aromatic rings. The Balaban J connectivity index is 1.45. The topological polar surface area (TPSA) is 129 Å². The number of aliphatic hydroxyl groups excluding tert-OH is 3. The summed E-state index contributed by atoms with van der Waals surface area (Å²) in [5.41, 5.74) is 1.13. The Kier molecular flexibility index (Phi) is 8.99. The number of amides is 2. The van der Waals surface area contributed by atoms with Gasteiger partial charge in [-0.1, -0.05) is 0 Å². The number of rotatable bonds is 10. The molecule has 0 saturated heterocycles. The number of nitrogens with zero attached hydrogens (tertiary/aromatic N) is 1. The third kappa shape index (κ3) is 6.00. The van der Waals surface area contributed by atoms with Crippen LogP contribution >= 0.6 is 22.6 Å². The van der Waals surface area contributed by atoms with E-state index in [1.165, 1.54) is 26.4 Å². The van der Waals surface area contributed by atoms with Crippen molar-refractivity contribution in [1.82, 2.24) is 10.2 Å². The average molecular weight is 669 g/mol. The van der Waals surface area contributed by atoms with Crippen LogP contribution in [0.25, 0.3) is 0 Å². The first-order valence-electron chi connectivity index (χ1n) is 14.3. The second-order valence-corrected chi connectivity index (χ2v) is 13.5. The Labute approximate surface area is 249 Å². The minimum absolute atomic E-state index is 0.0652. The van der Waals surface area contributed by atoms with Crippen LogP contribution in [0.3, 0.4) is 0 Å². The molecular weight excluding hydrogens is 627 g/mol. The van der Waals surface area contributed by atoms with Crippen molar-refractivity contribution in [3.63, 3.8) is 0 Å². The number of benzene rings is 1. The van der Waals surface area contributed by atoms with E-state index in [-0.39, 0.29) is 43.4 Å². The third-order valence-electron chi connectivity index (χ3n) is 9.42.